The van der Waals surface area contributed by atoms with Gasteiger partial charge in [-0.3, -0.25) is 0 Å². The summed E-state index contributed by atoms with van der Waals surface area (Å²) in [4.78, 5) is 11.0. The predicted molar refractivity (Wildman–Crippen MR) is 80.0 cm³/mol. The highest BCUT2D eigenvalue weighted by molar-refractivity contribution is 9.10. The lowest BCUT2D eigenvalue weighted by molar-refractivity contribution is 0.0698. The topological polar surface area (TPSA) is 75.3 Å². The van der Waals surface area contributed by atoms with E-state index in [9.17, 15) is 4.79 Å². The molecular formula is C14H13BrN2O2. The Morgan fingerprint density at radius 2 is 2.05 bits per heavy atom. The van der Waals surface area contributed by atoms with Crippen molar-refractivity contribution in [3.05, 3.63) is 52.0 Å². The molecule has 2 rings (SSSR count). The molecule has 0 unspecified atom stereocenters. The summed E-state index contributed by atoms with van der Waals surface area (Å²) in [6, 6.07) is 10.6. The Balaban J connectivity index is 2.36. The van der Waals surface area contributed by atoms with Gasteiger partial charge in [0.2, 0.25) is 0 Å². The largest absolute Gasteiger partial charge is 0.478 e. The van der Waals surface area contributed by atoms with Crippen molar-refractivity contribution in [2.75, 3.05) is 11.1 Å². The third kappa shape index (κ3) is 2.88. The lowest BCUT2D eigenvalue weighted by atomic mass is 10.1. The van der Waals surface area contributed by atoms with Crippen molar-refractivity contribution in [2.45, 2.75) is 6.92 Å². The van der Waals surface area contributed by atoms with Crippen LogP contribution in [0.15, 0.2) is 40.9 Å². The number of nitrogens with one attached hydrogen (secondary N) is 1. The fourth-order valence-electron chi connectivity index (χ4n) is 1.72. The van der Waals surface area contributed by atoms with E-state index in [1.165, 1.54) is 6.07 Å². The molecule has 19 heavy (non-hydrogen) atoms. The maximum atomic E-state index is 11.0. The van der Waals surface area contributed by atoms with Crippen LogP contribution in [0.1, 0.15) is 15.9 Å². The summed E-state index contributed by atoms with van der Waals surface area (Å²) in [5.41, 5.74) is 8.62. The zero-order valence-corrected chi connectivity index (χ0v) is 11.9. The highest BCUT2D eigenvalue weighted by Crippen LogP contribution is 2.27. The Bertz CT molecular complexity index is 641. The zero-order chi connectivity index (χ0) is 14.0. The number of nitrogen functional groups attached to an aromatic ring is 1. The van der Waals surface area contributed by atoms with Crippen LogP contribution in [0.2, 0.25) is 0 Å². The number of rotatable bonds is 3. The maximum Gasteiger partial charge on any atom is 0.337 e. The molecule has 0 aliphatic carbocycles. The Kier molecular flexibility index (Phi) is 3.76. The molecule has 5 heteroatoms. The number of carboxylic acids is 1. The summed E-state index contributed by atoms with van der Waals surface area (Å²) >= 11 is 3.45. The van der Waals surface area contributed by atoms with E-state index in [0.717, 1.165) is 15.7 Å². The number of hydrogen-bond donors (Lipinski definition) is 3. The van der Waals surface area contributed by atoms with Crippen LogP contribution in [-0.4, -0.2) is 11.1 Å². The Morgan fingerprint density at radius 3 is 2.74 bits per heavy atom. The first-order chi connectivity index (χ1) is 8.99. The molecule has 0 radical (unpaired) electrons. The smallest absolute Gasteiger partial charge is 0.337 e. The number of halogens is 1. The van der Waals surface area contributed by atoms with Gasteiger partial charge in [-0.15, -0.1) is 0 Å². The number of hydrogen-bond acceptors (Lipinski definition) is 3. The van der Waals surface area contributed by atoms with E-state index in [1.807, 2.05) is 25.1 Å². The summed E-state index contributed by atoms with van der Waals surface area (Å²) < 4.78 is 0.992. The van der Waals surface area contributed by atoms with Gasteiger partial charge in [-0.1, -0.05) is 22.0 Å². The van der Waals surface area contributed by atoms with Crippen molar-refractivity contribution < 1.29 is 9.90 Å². The van der Waals surface area contributed by atoms with Gasteiger partial charge in [0, 0.05) is 21.5 Å². The van der Waals surface area contributed by atoms with Gasteiger partial charge in [-0.05, 0) is 42.8 Å². The van der Waals surface area contributed by atoms with E-state index in [-0.39, 0.29) is 11.3 Å². The fraction of sp³-hybridized carbons (Fsp3) is 0.0714. The number of benzene rings is 2. The molecule has 0 aliphatic heterocycles. The van der Waals surface area contributed by atoms with Gasteiger partial charge >= 0.3 is 5.97 Å². The molecule has 0 heterocycles. The van der Waals surface area contributed by atoms with E-state index in [0.29, 0.717) is 5.69 Å². The molecule has 0 saturated carbocycles. The summed E-state index contributed by atoms with van der Waals surface area (Å²) in [5.74, 6) is -1.04. The molecule has 2 aromatic rings. The second kappa shape index (κ2) is 5.32. The van der Waals surface area contributed by atoms with Crippen LogP contribution in [-0.2, 0) is 0 Å². The van der Waals surface area contributed by atoms with Crippen LogP contribution < -0.4 is 11.1 Å². The quantitative estimate of drug-likeness (QED) is 0.752. The molecule has 4 N–H and O–H groups in total. The van der Waals surface area contributed by atoms with Crippen molar-refractivity contribution in [1.82, 2.24) is 0 Å². The fourth-order valence-corrected chi connectivity index (χ4v) is 2.08. The molecule has 0 bridgehead atoms. The Labute approximate surface area is 119 Å². The highest BCUT2D eigenvalue weighted by Gasteiger charge is 2.09. The van der Waals surface area contributed by atoms with Crippen LogP contribution >= 0.6 is 15.9 Å². The summed E-state index contributed by atoms with van der Waals surface area (Å²) in [7, 11) is 0. The van der Waals surface area contributed by atoms with Gasteiger partial charge in [-0.2, -0.15) is 0 Å². The Morgan fingerprint density at radius 1 is 1.32 bits per heavy atom. The average Bonchev–Trinajstić information content (AvgIpc) is 2.37. The predicted octanol–water partition coefficient (Wildman–Crippen LogP) is 3.78. The molecule has 0 aliphatic rings. The van der Waals surface area contributed by atoms with E-state index >= 15 is 0 Å². The van der Waals surface area contributed by atoms with E-state index < -0.39 is 5.97 Å². The molecule has 98 valence electrons. The number of anilines is 3. The summed E-state index contributed by atoms with van der Waals surface area (Å²) in [5, 5.41) is 12.2. The minimum absolute atomic E-state index is 0.0950. The van der Waals surface area contributed by atoms with Crippen LogP contribution in [0.3, 0.4) is 0 Å². The lowest BCUT2D eigenvalue weighted by Crippen LogP contribution is -2.03. The third-order valence-corrected chi connectivity index (χ3v) is 3.69. The van der Waals surface area contributed by atoms with Crippen LogP contribution in [0.25, 0.3) is 0 Å². The zero-order valence-electron chi connectivity index (χ0n) is 10.3. The van der Waals surface area contributed by atoms with E-state index in [1.54, 1.807) is 12.1 Å². The van der Waals surface area contributed by atoms with Crippen molar-refractivity contribution in [2.24, 2.45) is 0 Å². The molecule has 0 aromatic heterocycles. The monoisotopic (exact) mass is 320 g/mol. The van der Waals surface area contributed by atoms with Gasteiger partial charge in [0.1, 0.15) is 0 Å². The number of nitrogens with two attached hydrogens (primary N) is 1. The molecule has 2 aromatic carbocycles. The molecule has 0 fully saturated rings. The minimum atomic E-state index is -1.04. The van der Waals surface area contributed by atoms with Gasteiger partial charge in [0.05, 0.1) is 5.56 Å². The number of aromatic carboxylic acids is 1. The third-order valence-electron chi connectivity index (χ3n) is 2.83. The molecule has 0 atom stereocenters. The van der Waals surface area contributed by atoms with Gasteiger partial charge < -0.3 is 16.2 Å². The second-order valence-corrected chi connectivity index (χ2v) is 5.00. The standard InChI is InChI=1S/C14H13BrN2O2/c1-8-11(15)3-2-4-13(8)17-9-5-6-12(16)10(7-9)14(18)19/h2-7,17H,16H2,1H3,(H,18,19). The van der Waals surface area contributed by atoms with Crippen molar-refractivity contribution >= 4 is 39.0 Å². The normalized spacial score (nSPS) is 10.2. The number of carbonyl (C=O) groups is 1. The van der Waals surface area contributed by atoms with Crippen molar-refractivity contribution in [1.29, 1.82) is 0 Å². The molecule has 4 nitrogen and oxygen atoms in total. The van der Waals surface area contributed by atoms with Crippen molar-refractivity contribution in [3.8, 4) is 0 Å². The first-order valence-electron chi connectivity index (χ1n) is 5.64. The second-order valence-electron chi connectivity index (χ2n) is 4.14. The Hall–Kier alpha value is -2.01. The molecule has 0 saturated heterocycles. The highest BCUT2D eigenvalue weighted by atomic mass is 79.9. The van der Waals surface area contributed by atoms with Crippen LogP contribution in [0.5, 0.6) is 0 Å². The minimum Gasteiger partial charge on any atom is -0.478 e. The van der Waals surface area contributed by atoms with Gasteiger partial charge in [0.15, 0.2) is 0 Å². The summed E-state index contributed by atoms with van der Waals surface area (Å²) in [6.45, 7) is 1.97. The first kappa shape index (κ1) is 13.4. The summed E-state index contributed by atoms with van der Waals surface area (Å²) in [6.07, 6.45) is 0. The van der Waals surface area contributed by atoms with Gasteiger partial charge in [-0.25, -0.2) is 4.79 Å². The maximum absolute atomic E-state index is 11.0. The van der Waals surface area contributed by atoms with Crippen molar-refractivity contribution in [3.63, 3.8) is 0 Å². The van der Waals surface area contributed by atoms with Gasteiger partial charge in [0.25, 0.3) is 0 Å². The first-order valence-corrected chi connectivity index (χ1v) is 6.43. The molecule has 0 amide bonds. The van der Waals surface area contributed by atoms with E-state index in [2.05, 4.69) is 21.2 Å². The van der Waals surface area contributed by atoms with E-state index in [4.69, 9.17) is 10.8 Å². The average molecular weight is 321 g/mol. The molecule has 0 spiro atoms. The van der Waals surface area contributed by atoms with Crippen LogP contribution in [0, 0.1) is 6.92 Å². The SMILES string of the molecule is Cc1c(Br)cccc1Nc1ccc(N)c(C(=O)O)c1. The van der Waals surface area contributed by atoms with Crippen LogP contribution in [0.4, 0.5) is 17.1 Å². The lowest BCUT2D eigenvalue weighted by Gasteiger charge is -2.12. The molecular weight excluding hydrogens is 308 g/mol. The number of carboxylic acid groups (broad SMARTS) is 1.